The maximum atomic E-state index is 13.9. The molecule has 0 unspecified atom stereocenters. The van der Waals surface area contributed by atoms with E-state index in [-0.39, 0.29) is 11.6 Å². The SMILES string of the molecule is CCOc1ccc(-c2nonc2NC(=O)[C@H](CC)Oc2ccccc2F)cc1OCC. The molecule has 1 heterocycles. The first-order valence-corrected chi connectivity index (χ1v) is 10.0. The predicted octanol–water partition coefficient (Wildman–Crippen LogP) is 4.47. The molecular weight excluding hydrogens is 405 g/mol. The Bertz CT molecular complexity index is 1020. The number of hydrogen-bond donors (Lipinski definition) is 1. The molecular formula is C22H24FN3O5. The summed E-state index contributed by atoms with van der Waals surface area (Å²) >= 11 is 0. The highest BCUT2D eigenvalue weighted by molar-refractivity contribution is 5.96. The molecule has 8 nitrogen and oxygen atoms in total. The summed E-state index contributed by atoms with van der Waals surface area (Å²) in [6, 6.07) is 11.1. The van der Waals surface area contributed by atoms with E-state index in [1.165, 1.54) is 12.1 Å². The summed E-state index contributed by atoms with van der Waals surface area (Å²) in [5.41, 5.74) is 0.935. The van der Waals surface area contributed by atoms with Gasteiger partial charge in [0.15, 0.2) is 34.9 Å². The van der Waals surface area contributed by atoms with Gasteiger partial charge in [0.25, 0.3) is 5.91 Å². The zero-order valence-electron chi connectivity index (χ0n) is 17.6. The number of halogens is 1. The predicted molar refractivity (Wildman–Crippen MR) is 112 cm³/mol. The van der Waals surface area contributed by atoms with Gasteiger partial charge in [-0.2, -0.15) is 0 Å². The molecule has 164 valence electrons. The van der Waals surface area contributed by atoms with Crippen LogP contribution >= 0.6 is 0 Å². The number of aromatic nitrogens is 2. The minimum Gasteiger partial charge on any atom is -0.490 e. The van der Waals surface area contributed by atoms with Crippen LogP contribution in [0.2, 0.25) is 0 Å². The largest absolute Gasteiger partial charge is 0.490 e. The van der Waals surface area contributed by atoms with Crippen molar-refractivity contribution in [3.05, 3.63) is 48.3 Å². The highest BCUT2D eigenvalue weighted by Crippen LogP contribution is 2.34. The molecule has 1 aromatic heterocycles. The van der Waals surface area contributed by atoms with E-state index in [4.69, 9.17) is 18.8 Å². The zero-order valence-corrected chi connectivity index (χ0v) is 17.6. The Balaban J connectivity index is 1.80. The van der Waals surface area contributed by atoms with Gasteiger partial charge in [0.2, 0.25) is 5.82 Å². The Morgan fingerprint density at radius 3 is 2.48 bits per heavy atom. The molecule has 0 radical (unpaired) electrons. The maximum Gasteiger partial charge on any atom is 0.266 e. The van der Waals surface area contributed by atoms with Gasteiger partial charge in [-0.15, -0.1) is 0 Å². The summed E-state index contributed by atoms with van der Waals surface area (Å²) in [6.45, 7) is 6.45. The molecule has 3 aromatic rings. The van der Waals surface area contributed by atoms with Gasteiger partial charge in [-0.1, -0.05) is 19.1 Å². The number of nitrogens with one attached hydrogen (secondary N) is 1. The van der Waals surface area contributed by atoms with Crippen LogP contribution in [0.1, 0.15) is 27.2 Å². The van der Waals surface area contributed by atoms with E-state index in [1.807, 2.05) is 13.8 Å². The molecule has 3 rings (SSSR count). The van der Waals surface area contributed by atoms with Gasteiger partial charge in [-0.05, 0) is 60.9 Å². The summed E-state index contributed by atoms with van der Waals surface area (Å²) < 4.78 is 35.5. The summed E-state index contributed by atoms with van der Waals surface area (Å²) in [5, 5.41) is 10.3. The van der Waals surface area contributed by atoms with Gasteiger partial charge in [-0.3, -0.25) is 4.79 Å². The van der Waals surface area contributed by atoms with E-state index in [2.05, 4.69) is 15.6 Å². The third-order valence-corrected chi connectivity index (χ3v) is 4.32. The standard InChI is InChI=1S/C22H24FN3O5/c1-4-16(30-17-10-8-7-9-15(17)23)22(27)24-21-20(25-31-26-21)14-11-12-18(28-5-2)19(13-14)29-6-3/h7-13,16H,4-6H2,1-3H3,(H,24,26,27)/t16-/m0/s1. The number of carbonyl (C=O) groups excluding carboxylic acids is 1. The molecule has 1 amide bonds. The monoisotopic (exact) mass is 429 g/mol. The number of carbonyl (C=O) groups is 1. The maximum absolute atomic E-state index is 13.9. The van der Waals surface area contributed by atoms with Crippen molar-refractivity contribution in [2.75, 3.05) is 18.5 Å². The Kier molecular flexibility index (Phi) is 7.42. The van der Waals surface area contributed by atoms with Gasteiger partial charge < -0.3 is 19.5 Å². The molecule has 31 heavy (non-hydrogen) atoms. The normalized spacial score (nSPS) is 11.6. The van der Waals surface area contributed by atoms with Crippen molar-refractivity contribution >= 4 is 11.7 Å². The number of anilines is 1. The average Bonchev–Trinajstić information content (AvgIpc) is 3.22. The summed E-state index contributed by atoms with van der Waals surface area (Å²) in [6.07, 6.45) is -0.612. The minimum atomic E-state index is -0.930. The molecule has 0 bridgehead atoms. The molecule has 0 aliphatic rings. The van der Waals surface area contributed by atoms with Crippen molar-refractivity contribution in [1.29, 1.82) is 0 Å². The van der Waals surface area contributed by atoms with E-state index in [1.54, 1.807) is 37.3 Å². The lowest BCUT2D eigenvalue weighted by Gasteiger charge is -2.17. The molecule has 9 heteroatoms. The number of benzene rings is 2. The minimum absolute atomic E-state index is 0.00382. The lowest BCUT2D eigenvalue weighted by atomic mass is 10.1. The van der Waals surface area contributed by atoms with Gasteiger partial charge >= 0.3 is 0 Å². The van der Waals surface area contributed by atoms with E-state index in [0.29, 0.717) is 42.4 Å². The van der Waals surface area contributed by atoms with Crippen LogP contribution in [-0.2, 0) is 4.79 Å². The summed E-state index contributed by atoms with van der Waals surface area (Å²) in [5.74, 6) is 0.202. The van der Waals surface area contributed by atoms with Crippen LogP contribution in [0.3, 0.4) is 0 Å². The number of para-hydroxylation sites is 1. The number of amides is 1. The van der Waals surface area contributed by atoms with Crippen molar-refractivity contribution < 1.29 is 28.0 Å². The van der Waals surface area contributed by atoms with Crippen molar-refractivity contribution in [3.63, 3.8) is 0 Å². The third kappa shape index (κ3) is 5.30. The van der Waals surface area contributed by atoms with Crippen LogP contribution in [0.4, 0.5) is 10.2 Å². The lowest BCUT2D eigenvalue weighted by molar-refractivity contribution is -0.122. The summed E-state index contributed by atoms with van der Waals surface area (Å²) in [4.78, 5) is 12.7. The molecule has 2 aromatic carbocycles. The van der Waals surface area contributed by atoms with E-state index in [9.17, 15) is 9.18 Å². The van der Waals surface area contributed by atoms with Gasteiger partial charge in [-0.25, -0.2) is 9.02 Å². The lowest BCUT2D eigenvalue weighted by Crippen LogP contribution is -2.32. The Labute approximate surface area is 179 Å². The van der Waals surface area contributed by atoms with Crippen LogP contribution in [0.5, 0.6) is 17.2 Å². The molecule has 0 aliphatic carbocycles. The Hall–Kier alpha value is -3.62. The van der Waals surface area contributed by atoms with Crippen LogP contribution in [0.25, 0.3) is 11.3 Å². The second-order valence-corrected chi connectivity index (χ2v) is 6.42. The Morgan fingerprint density at radius 1 is 1.03 bits per heavy atom. The van der Waals surface area contributed by atoms with Crippen LogP contribution < -0.4 is 19.5 Å². The fraction of sp³-hybridized carbons (Fsp3) is 0.318. The molecule has 0 spiro atoms. The van der Waals surface area contributed by atoms with Crippen molar-refractivity contribution in [1.82, 2.24) is 10.3 Å². The van der Waals surface area contributed by atoms with Crippen molar-refractivity contribution in [2.24, 2.45) is 0 Å². The molecule has 0 saturated heterocycles. The molecule has 1 atom stereocenters. The number of hydrogen-bond acceptors (Lipinski definition) is 7. The van der Waals surface area contributed by atoms with Gasteiger partial charge in [0, 0.05) is 5.56 Å². The van der Waals surface area contributed by atoms with Crippen LogP contribution in [-0.4, -0.2) is 35.5 Å². The highest BCUT2D eigenvalue weighted by atomic mass is 19.1. The summed E-state index contributed by atoms with van der Waals surface area (Å²) in [7, 11) is 0. The van der Waals surface area contributed by atoms with E-state index >= 15 is 0 Å². The smallest absolute Gasteiger partial charge is 0.266 e. The number of ether oxygens (including phenoxy) is 3. The first-order valence-electron chi connectivity index (χ1n) is 10.0. The third-order valence-electron chi connectivity index (χ3n) is 4.32. The molecule has 0 aliphatic heterocycles. The zero-order chi connectivity index (χ0) is 22.2. The van der Waals surface area contributed by atoms with Crippen molar-refractivity contribution in [2.45, 2.75) is 33.3 Å². The second kappa shape index (κ2) is 10.4. The van der Waals surface area contributed by atoms with Crippen molar-refractivity contribution in [3.8, 4) is 28.5 Å². The van der Waals surface area contributed by atoms with Gasteiger partial charge in [0.05, 0.1) is 13.2 Å². The fourth-order valence-corrected chi connectivity index (χ4v) is 2.87. The molecule has 0 saturated carbocycles. The highest BCUT2D eigenvalue weighted by Gasteiger charge is 2.24. The molecule has 0 fully saturated rings. The Morgan fingerprint density at radius 2 is 1.77 bits per heavy atom. The molecule has 1 N–H and O–H groups in total. The quantitative estimate of drug-likeness (QED) is 0.508. The first kappa shape index (κ1) is 22.1. The van der Waals surface area contributed by atoms with Crippen LogP contribution in [0.15, 0.2) is 47.1 Å². The second-order valence-electron chi connectivity index (χ2n) is 6.42. The van der Waals surface area contributed by atoms with E-state index < -0.39 is 17.8 Å². The van der Waals surface area contributed by atoms with E-state index in [0.717, 1.165) is 0 Å². The average molecular weight is 429 g/mol. The first-order chi connectivity index (χ1) is 15.1. The fourth-order valence-electron chi connectivity index (χ4n) is 2.87. The topological polar surface area (TPSA) is 95.7 Å². The van der Waals surface area contributed by atoms with Crippen LogP contribution in [0, 0.1) is 5.82 Å². The number of nitrogens with zero attached hydrogens (tertiary/aromatic N) is 2. The number of rotatable bonds is 10. The van der Waals surface area contributed by atoms with Gasteiger partial charge in [0.1, 0.15) is 0 Å².